The van der Waals surface area contributed by atoms with Gasteiger partial charge >= 0.3 is 0 Å². The van der Waals surface area contributed by atoms with Crippen molar-refractivity contribution in [2.75, 3.05) is 5.32 Å². The Bertz CT molecular complexity index is 1010. The molecule has 3 aromatic carbocycles. The first kappa shape index (κ1) is 15.4. The van der Waals surface area contributed by atoms with E-state index in [2.05, 4.69) is 84.0 Å². The van der Waals surface area contributed by atoms with Crippen LogP contribution in [0.2, 0.25) is 0 Å². The average molecular weight is 324 g/mol. The molecular weight excluding hydrogens is 304 g/mol. The number of rotatable bonds is 4. The zero-order chi connectivity index (χ0) is 17.1. The zero-order valence-electron chi connectivity index (χ0n) is 14.2. The molecule has 2 nitrogen and oxygen atoms in total. The van der Waals surface area contributed by atoms with E-state index in [9.17, 15) is 0 Å². The highest BCUT2D eigenvalue weighted by atomic mass is 14.9. The molecule has 4 rings (SSSR count). The number of anilines is 1. The number of benzene rings is 3. The maximum absolute atomic E-state index is 4.67. The molecular formula is C23H20N2. The molecule has 4 aromatic rings. The van der Waals surface area contributed by atoms with Crippen LogP contribution in [-0.4, -0.2) is 4.98 Å². The first-order valence-corrected chi connectivity index (χ1v) is 8.54. The van der Waals surface area contributed by atoms with Crippen molar-refractivity contribution < 1.29 is 0 Å². The number of pyridine rings is 1. The fourth-order valence-corrected chi connectivity index (χ4v) is 3.21. The fraction of sp³-hybridized carbons (Fsp3) is 0.0870. The molecule has 0 spiro atoms. The minimum absolute atomic E-state index is 0.790. The van der Waals surface area contributed by atoms with Gasteiger partial charge in [0.2, 0.25) is 0 Å². The number of hydrogen-bond acceptors (Lipinski definition) is 2. The van der Waals surface area contributed by atoms with E-state index in [-0.39, 0.29) is 0 Å². The molecule has 0 aliphatic rings. The summed E-state index contributed by atoms with van der Waals surface area (Å²) >= 11 is 0. The van der Waals surface area contributed by atoms with Crippen molar-refractivity contribution in [3.63, 3.8) is 0 Å². The molecule has 0 amide bonds. The Hall–Kier alpha value is -3.13. The van der Waals surface area contributed by atoms with Crippen LogP contribution in [0.25, 0.3) is 22.0 Å². The lowest BCUT2D eigenvalue weighted by atomic mass is 9.97. The molecule has 0 aliphatic carbocycles. The minimum Gasteiger partial charge on any atom is -0.380 e. The lowest BCUT2D eigenvalue weighted by Crippen LogP contribution is -2.02. The quantitative estimate of drug-likeness (QED) is 0.511. The third-order valence-corrected chi connectivity index (χ3v) is 4.50. The zero-order valence-corrected chi connectivity index (χ0v) is 14.2. The summed E-state index contributed by atoms with van der Waals surface area (Å²) in [4.78, 5) is 4.67. The molecule has 0 aliphatic heterocycles. The summed E-state index contributed by atoms with van der Waals surface area (Å²) in [6.45, 7) is 2.91. The molecule has 122 valence electrons. The van der Waals surface area contributed by atoms with Crippen LogP contribution in [-0.2, 0) is 6.54 Å². The Labute approximate surface area is 148 Å². The van der Waals surface area contributed by atoms with Gasteiger partial charge in [0.1, 0.15) is 0 Å². The second kappa shape index (κ2) is 6.78. The second-order valence-electron chi connectivity index (χ2n) is 6.22. The molecule has 1 aromatic heterocycles. The number of aryl methyl sites for hydroxylation is 1. The van der Waals surface area contributed by atoms with Gasteiger partial charge in [0.15, 0.2) is 0 Å². The Kier molecular flexibility index (Phi) is 4.17. The van der Waals surface area contributed by atoms with Crippen molar-refractivity contribution in [1.82, 2.24) is 4.98 Å². The molecule has 0 saturated heterocycles. The SMILES string of the molecule is Cc1cccnc1-c1c(NCc2ccccc2)ccc2ccccc12. The van der Waals surface area contributed by atoms with Crippen molar-refractivity contribution in [1.29, 1.82) is 0 Å². The molecule has 1 N–H and O–H groups in total. The summed E-state index contributed by atoms with van der Waals surface area (Å²) in [7, 11) is 0. The molecule has 0 atom stereocenters. The van der Waals surface area contributed by atoms with Crippen molar-refractivity contribution in [2.24, 2.45) is 0 Å². The Morgan fingerprint density at radius 1 is 0.800 bits per heavy atom. The van der Waals surface area contributed by atoms with Crippen LogP contribution < -0.4 is 5.32 Å². The lowest BCUT2D eigenvalue weighted by Gasteiger charge is -2.16. The van der Waals surface area contributed by atoms with Crippen LogP contribution in [0.3, 0.4) is 0 Å². The minimum atomic E-state index is 0.790. The monoisotopic (exact) mass is 324 g/mol. The smallest absolute Gasteiger partial charge is 0.0758 e. The van der Waals surface area contributed by atoms with Crippen LogP contribution in [0.5, 0.6) is 0 Å². The molecule has 1 heterocycles. The topological polar surface area (TPSA) is 24.9 Å². The molecule has 25 heavy (non-hydrogen) atoms. The number of fused-ring (bicyclic) bond motifs is 1. The highest BCUT2D eigenvalue weighted by molar-refractivity contribution is 6.02. The predicted octanol–water partition coefficient (Wildman–Crippen LogP) is 5.82. The maximum atomic E-state index is 4.67. The summed E-state index contributed by atoms with van der Waals surface area (Å²) in [5, 5.41) is 6.06. The predicted molar refractivity (Wildman–Crippen MR) is 106 cm³/mol. The third-order valence-electron chi connectivity index (χ3n) is 4.50. The lowest BCUT2D eigenvalue weighted by molar-refractivity contribution is 1.15. The molecule has 0 radical (unpaired) electrons. The van der Waals surface area contributed by atoms with E-state index in [1.807, 2.05) is 18.3 Å². The Morgan fingerprint density at radius 3 is 2.44 bits per heavy atom. The van der Waals surface area contributed by atoms with Gasteiger partial charge < -0.3 is 5.32 Å². The van der Waals surface area contributed by atoms with Crippen LogP contribution in [0.15, 0.2) is 85.1 Å². The van der Waals surface area contributed by atoms with Crippen molar-refractivity contribution >= 4 is 16.5 Å². The van der Waals surface area contributed by atoms with Crippen molar-refractivity contribution in [3.8, 4) is 11.3 Å². The number of nitrogens with zero attached hydrogens (tertiary/aromatic N) is 1. The van der Waals surface area contributed by atoms with Crippen molar-refractivity contribution in [2.45, 2.75) is 13.5 Å². The number of nitrogens with one attached hydrogen (secondary N) is 1. The van der Waals surface area contributed by atoms with E-state index >= 15 is 0 Å². The number of hydrogen-bond donors (Lipinski definition) is 1. The van der Waals surface area contributed by atoms with Crippen LogP contribution in [0.1, 0.15) is 11.1 Å². The first-order chi connectivity index (χ1) is 12.3. The van der Waals surface area contributed by atoms with E-state index in [0.717, 1.165) is 17.9 Å². The van der Waals surface area contributed by atoms with E-state index in [1.54, 1.807) is 0 Å². The van der Waals surface area contributed by atoms with Crippen LogP contribution in [0, 0.1) is 6.92 Å². The maximum Gasteiger partial charge on any atom is 0.0758 e. The largest absolute Gasteiger partial charge is 0.380 e. The van der Waals surface area contributed by atoms with Gasteiger partial charge in [-0.15, -0.1) is 0 Å². The Morgan fingerprint density at radius 2 is 1.60 bits per heavy atom. The summed E-state index contributed by atoms with van der Waals surface area (Å²) in [6, 6.07) is 27.4. The Balaban J connectivity index is 1.84. The molecule has 0 unspecified atom stereocenters. The van der Waals surface area contributed by atoms with E-state index in [4.69, 9.17) is 0 Å². The summed E-state index contributed by atoms with van der Waals surface area (Å²) in [6.07, 6.45) is 1.87. The van der Waals surface area contributed by atoms with Gasteiger partial charge in [-0.2, -0.15) is 0 Å². The van der Waals surface area contributed by atoms with Gasteiger partial charge in [-0.05, 0) is 41.0 Å². The molecule has 2 heteroatoms. The molecule has 0 fully saturated rings. The average Bonchev–Trinajstić information content (AvgIpc) is 2.67. The molecule has 0 saturated carbocycles. The first-order valence-electron chi connectivity index (χ1n) is 8.54. The van der Waals surface area contributed by atoms with Gasteiger partial charge in [0, 0.05) is 24.0 Å². The fourth-order valence-electron chi connectivity index (χ4n) is 3.21. The van der Waals surface area contributed by atoms with E-state index < -0.39 is 0 Å². The summed E-state index contributed by atoms with van der Waals surface area (Å²) in [5.41, 5.74) is 5.77. The van der Waals surface area contributed by atoms with Crippen LogP contribution >= 0.6 is 0 Å². The summed E-state index contributed by atoms with van der Waals surface area (Å²) in [5.74, 6) is 0. The van der Waals surface area contributed by atoms with Gasteiger partial charge in [0.25, 0.3) is 0 Å². The second-order valence-corrected chi connectivity index (χ2v) is 6.22. The van der Waals surface area contributed by atoms with E-state index in [1.165, 1.54) is 27.5 Å². The van der Waals surface area contributed by atoms with Gasteiger partial charge in [-0.1, -0.05) is 66.7 Å². The number of aromatic nitrogens is 1. The highest BCUT2D eigenvalue weighted by Crippen LogP contribution is 2.36. The van der Waals surface area contributed by atoms with Gasteiger partial charge in [-0.3, -0.25) is 4.98 Å². The van der Waals surface area contributed by atoms with Gasteiger partial charge in [-0.25, -0.2) is 0 Å². The van der Waals surface area contributed by atoms with E-state index in [0.29, 0.717) is 0 Å². The molecule has 0 bridgehead atoms. The third kappa shape index (κ3) is 3.11. The van der Waals surface area contributed by atoms with Gasteiger partial charge in [0.05, 0.1) is 5.69 Å². The highest BCUT2D eigenvalue weighted by Gasteiger charge is 2.13. The normalized spacial score (nSPS) is 10.8. The van der Waals surface area contributed by atoms with Crippen LogP contribution in [0.4, 0.5) is 5.69 Å². The summed E-state index contributed by atoms with van der Waals surface area (Å²) < 4.78 is 0. The van der Waals surface area contributed by atoms with Crippen molar-refractivity contribution in [3.05, 3.63) is 96.2 Å². The standard InChI is InChI=1S/C23H20N2/c1-17-8-7-15-24-23(17)22-20-12-6-5-11-19(20)13-14-21(22)25-16-18-9-3-2-4-10-18/h2-15,25H,16H2,1H3.